The molecule has 476 valence electrons. The highest BCUT2D eigenvalue weighted by atomic mass is 16.6. The van der Waals surface area contributed by atoms with Gasteiger partial charge in [0.05, 0.1) is 5.41 Å². The highest BCUT2D eigenvalue weighted by Gasteiger charge is 2.34. The quantitative estimate of drug-likeness (QED) is 0.0323. The minimum Gasteiger partial charge on any atom is -0.465 e. The summed E-state index contributed by atoms with van der Waals surface area (Å²) < 4.78 is 35.0. The molecule has 0 aromatic rings. The van der Waals surface area contributed by atoms with Crippen molar-refractivity contribution < 1.29 is 57.2 Å². The average molecular weight is 1150 g/mol. The number of esters is 6. The van der Waals surface area contributed by atoms with Crippen molar-refractivity contribution in [2.24, 2.45) is 5.41 Å². The van der Waals surface area contributed by atoms with E-state index in [9.17, 15) is 28.8 Å². The zero-order valence-electron chi connectivity index (χ0n) is 53.9. The summed E-state index contributed by atoms with van der Waals surface area (Å²) in [6.07, 6.45) is 47.5. The summed E-state index contributed by atoms with van der Waals surface area (Å²) in [5, 5.41) is 0. The highest BCUT2D eigenvalue weighted by Crippen LogP contribution is 2.27. The van der Waals surface area contributed by atoms with Gasteiger partial charge in [-0.25, -0.2) is 0 Å². The third kappa shape index (κ3) is 49.9. The van der Waals surface area contributed by atoms with Gasteiger partial charge in [-0.2, -0.15) is 0 Å². The lowest BCUT2D eigenvalue weighted by Crippen LogP contribution is -2.39. The van der Waals surface area contributed by atoms with Crippen molar-refractivity contribution in [2.75, 3.05) is 19.8 Å². The fourth-order valence-corrected chi connectivity index (χ4v) is 10.4. The zero-order valence-corrected chi connectivity index (χ0v) is 53.9. The largest absolute Gasteiger partial charge is 0.465 e. The van der Waals surface area contributed by atoms with E-state index in [1.54, 1.807) is 0 Å². The van der Waals surface area contributed by atoms with E-state index < -0.39 is 5.41 Å². The maximum absolute atomic E-state index is 13.2. The third-order valence-electron chi connectivity index (χ3n) is 16.2. The molecule has 81 heavy (non-hydrogen) atoms. The molecule has 3 atom stereocenters. The van der Waals surface area contributed by atoms with E-state index in [1.807, 2.05) is 27.7 Å². The van der Waals surface area contributed by atoms with Gasteiger partial charge in [-0.1, -0.05) is 222 Å². The molecule has 0 aromatic heterocycles. The first-order valence-corrected chi connectivity index (χ1v) is 34.5. The molecule has 12 nitrogen and oxygen atoms in total. The molecule has 0 amide bonds. The number of carbonyl (C=O) groups is 6. The number of hydrogen-bond acceptors (Lipinski definition) is 12. The Balaban J connectivity index is 5.19. The van der Waals surface area contributed by atoms with Gasteiger partial charge in [0.1, 0.15) is 38.1 Å². The fourth-order valence-electron chi connectivity index (χ4n) is 10.4. The van der Waals surface area contributed by atoms with Crippen LogP contribution in [-0.2, 0) is 57.2 Å². The van der Waals surface area contributed by atoms with Gasteiger partial charge in [0.2, 0.25) is 0 Å². The first kappa shape index (κ1) is 77.8. The molecule has 0 saturated heterocycles. The Morgan fingerprint density at radius 2 is 0.457 bits per heavy atom. The van der Waals surface area contributed by atoms with Crippen LogP contribution in [0.3, 0.4) is 0 Å². The van der Waals surface area contributed by atoms with Gasteiger partial charge >= 0.3 is 35.8 Å². The van der Waals surface area contributed by atoms with Crippen LogP contribution < -0.4 is 0 Å². The van der Waals surface area contributed by atoms with Crippen molar-refractivity contribution in [3.05, 3.63) is 0 Å². The molecule has 0 heterocycles. The third-order valence-corrected chi connectivity index (χ3v) is 16.2. The topological polar surface area (TPSA) is 158 Å². The molecule has 0 aliphatic heterocycles. The summed E-state index contributed by atoms with van der Waals surface area (Å²) >= 11 is 0. The Kier molecular flexibility index (Phi) is 55.0. The normalized spacial score (nSPS) is 13.2. The van der Waals surface area contributed by atoms with Crippen molar-refractivity contribution in [3.8, 4) is 0 Å². The number of carbonyl (C=O) groups excluding carboxylic acids is 6. The van der Waals surface area contributed by atoms with Gasteiger partial charge in [-0.05, 0) is 103 Å². The summed E-state index contributed by atoms with van der Waals surface area (Å²) in [6, 6.07) is 0. The van der Waals surface area contributed by atoms with Gasteiger partial charge in [-0.3, -0.25) is 28.8 Å². The van der Waals surface area contributed by atoms with Gasteiger partial charge in [0.15, 0.2) is 0 Å². The van der Waals surface area contributed by atoms with Crippen LogP contribution in [0, 0.1) is 5.41 Å². The van der Waals surface area contributed by atoms with Crippen LogP contribution in [0.2, 0.25) is 0 Å². The molecule has 0 aliphatic rings. The van der Waals surface area contributed by atoms with Crippen LogP contribution in [0.25, 0.3) is 0 Å². The van der Waals surface area contributed by atoms with Gasteiger partial charge < -0.3 is 28.4 Å². The monoisotopic (exact) mass is 1150 g/mol. The van der Waals surface area contributed by atoms with Gasteiger partial charge in [0, 0.05) is 38.5 Å². The SMILES string of the molecule is CCCCCCCCCC(CCCCCCCC(=O)OCC(CC)(COC(=O)CCCCCCCC(CCCCCCCCC)OC(=O)CC)COC(=O)CCCCCCCC(CCCCCCCCC)OC(=O)CC)OC(=O)CC. The maximum atomic E-state index is 13.2. The van der Waals surface area contributed by atoms with Crippen LogP contribution in [0.4, 0.5) is 0 Å². The molecule has 0 spiro atoms. The van der Waals surface area contributed by atoms with Crippen LogP contribution in [-0.4, -0.2) is 73.9 Å². The molecular formula is C69H128O12. The molecule has 0 saturated carbocycles. The van der Waals surface area contributed by atoms with E-state index in [0.717, 1.165) is 135 Å². The molecule has 3 unspecified atom stereocenters. The highest BCUT2D eigenvalue weighted by molar-refractivity contribution is 5.71. The molecule has 0 fully saturated rings. The number of hydrogen-bond donors (Lipinski definition) is 0. The molecule has 12 heteroatoms. The molecular weight excluding hydrogens is 1020 g/mol. The maximum Gasteiger partial charge on any atom is 0.305 e. The van der Waals surface area contributed by atoms with E-state index in [-0.39, 0.29) is 93.2 Å². The fraction of sp³-hybridized carbons (Fsp3) is 0.913. The van der Waals surface area contributed by atoms with Crippen molar-refractivity contribution in [3.63, 3.8) is 0 Å². The Hall–Kier alpha value is -3.18. The molecule has 0 bridgehead atoms. The number of unbranched alkanes of at least 4 members (excludes halogenated alkanes) is 30. The summed E-state index contributed by atoms with van der Waals surface area (Å²) in [4.78, 5) is 75.8. The number of rotatable bonds is 61. The summed E-state index contributed by atoms with van der Waals surface area (Å²) in [5.74, 6) is -1.31. The smallest absolute Gasteiger partial charge is 0.305 e. The van der Waals surface area contributed by atoms with Crippen LogP contribution in [0.5, 0.6) is 0 Å². The molecule has 0 radical (unpaired) electrons. The van der Waals surface area contributed by atoms with Crippen molar-refractivity contribution >= 4 is 35.8 Å². The Labute approximate surface area is 497 Å². The number of ether oxygens (including phenoxy) is 6. The molecule has 0 aliphatic carbocycles. The van der Waals surface area contributed by atoms with E-state index in [1.165, 1.54) is 116 Å². The minimum atomic E-state index is -0.868. The Morgan fingerprint density at radius 1 is 0.259 bits per heavy atom. The second-order valence-corrected chi connectivity index (χ2v) is 23.9. The van der Waals surface area contributed by atoms with Gasteiger partial charge in [-0.15, -0.1) is 0 Å². The second kappa shape index (κ2) is 57.3. The standard InChI is InChI=1S/C69H128O12/c1-8-15-18-21-24-30-39-48-60(79-63(70)11-4)51-42-33-27-36-45-54-66(73)76-57-69(14-7,58-77-67(74)55-46-37-28-34-43-52-61(80-64(71)12-5)49-40-31-25-22-19-16-9-2)59-78-68(75)56-47-38-29-35-44-53-62(81-65(72)13-6)50-41-32-26-23-20-17-10-3/h60-62H,8-59H2,1-7H3. The summed E-state index contributed by atoms with van der Waals surface area (Å²) in [5.41, 5.74) is -0.868. The van der Waals surface area contributed by atoms with E-state index in [0.29, 0.717) is 44.9 Å². The van der Waals surface area contributed by atoms with E-state index in [2.05, 4.69) is 20.8 Å². The lowest BCUT2D eigenvalue weighted by molar-refractivity contribution is -0.163. The predicted molar refractivity (Wildman–Crippen MR) is 331 cm³/mol. The van der Waals surface area contributed by atoms with Crippen LogP contribution in [0.1, 0.15) is 363 Å². The Bertz CT molecular complexity index is 1330. The Morgan fingerprint density at radius 3 is 0.654 bits per heavy atom. The van der Waals surface area contributed by atoms with Crippen LogP contribution in [0.15, 0.2) is 0 Å². The second-order valence-electron chi connectivity index (χ2n) is 23.9. The lowest BCUT2D eigenvalue weighted by Gasteiger charge is -2.31. The molecule has 0 N–H and O–H groups in total. The molecule has 0 rings (SSSR count). The van der Waals surface area contributed by atoms with E-state index >= 15 is 0 Å². The zero-order chi connectivity index (χ0) is 59.7. The first-order valence-electron chi connectivity index (χ1n) is 34.5. The summed E-state index contributed by atoms with van der Waals surface area (Å²) in [6.45, 7) is 14.1. The molecule has 0 aromatic carbocycles. The van der Waals surface area contributed by atoms with Gasteiger partial charge in [0.25, 0.3) is 0 Å². The predicted octanol–water partition coefficient (Wildman–Crippen LogP) is 19.6. The summed E-state index contributed by atoms with van der Waals surface area (Å²) in [7, 11) is 0. The van der Waals surface area contributed by atoms with Crippen molar-refractivity contribution in [1.82, 2.24) is 0 Å². The average Bonchev–Trinajstić information content (AvgIpc) is 3.48. The van der Waals surface area contributed by atoms with Crippen molar-refractivity contribution in [1.29, 1.82) is 0 Å². The lowest BCUT2D eigenvalue weighted by atomic mass is 9.88. The van der Waals surface area contributed by atoms with Crippen molar-refractivity contribution in [2.45, 2.75) is 381 Å². The van der Waals surface area contributed by atoms with Crippen LogP contribution >= 0.6 is 0 Å². The first-order chi connectivity index (χ1) is 39.4. The van der Waals surface area contributed by atoms with E-state index in [4.69, 9.17) is 28.4 Å². The minimum absolute atomic E-state index is 0.0134.